The molecule has 20 heteroatoms. The summed E-state index contributed by atoms with van der Waals surface area (Å²) in [5.74, 6) is 1.50. The van der Waals surface area contributed by atoms with Gasteiger partial charge in [0.1, 0.15) is 35.5 Å². The minimum Gasteiger partial charge on any atom is -0.493 e. The molecule has 3 aliphatic rings. The third-order valence-corrected chi connectivity index (χ3v) is 15.2. The molecule has 2 saturated heterocycles. The number of rotatable bonds is 21. The highest BCUT2D eigenvalue weighted by molar-refractivity contribution is 5.92. The van der Waals surface area contributed by atoms with Crippen LogP contribution in [0, 0.1) is 19.8 Å². The average Bonchev–Trinajstić information content (AvgIpc) is 4.19. The van der Waals surface area contributed by atoms with Gasteiger partial charge in [0.05, 0.1) is 57.8 Å². The van der Waals surface area contributed by atoms with Crippen molar-refractivity contribution >= 4 is 23.2 Å². The number of nitrogens with zero attached hydrogens (tertiary/aromatic N) is 2. The molecule has 0 radical (unpaired) electrons. The number of amides is 2. The Morgan fingerprint density at radius 2 is 0.916 bits per heavy atom. The maximum absolute atomic E-state index is 14.3. The van der Waals surface area contributed by atoms with Gasteiger partial charge in [0.2, 0.25) is 11.8 Å². The molecular weight excluding hydrogens is 1060 g/mol. The van der Waals surface area contributed by atoms with Crippen LogP contribution in [0.2, 0.25) is 0 Å². The lowest BCUT2D eigenvalue weighted by molar-refractivity contribution is -0.121. The molecule has 8 bridgehead atoms. The number of ether oxygens (including phenoxy) is 6. The van der Waals surface area contributed by atoms with E-state index in [0.717, 1.165) is 70.2 Å². The quantitative estimate of drug-likeness (QED) is 0.0409. The van der Waals surface area contributed by atoms with Crippen LogP contribution in [-0.2, 0) is 44.7 Å². The van der Waals surface area contributed by atoms with Crippen LogP contribution in [0.1, 0.15) is 147 Å². The van der Waals surface area contributed by atoms with E-state index in [9.17, 15) is 39.0 Å². The number of fused-ring (bicyclic) bond motifs is 8. The number of hydrogen-bond acceptors (Lipinski definition) is 14. The Morgan fingerprint density at radius 1 is 0.554 bits per heavy atom. The highest BCUT2D eigenvalue weighted by Crippen LogP contribution is 2.42. The number of aliphatic hydroxyl groups excluding tert-OH is 2. The second-order valence-electron chi connectivity index (χ2n) is 21.9. The van der Waals surface area contributed by atoms with Crippen LogP contribution in [0.25, 0.3) is 0 Å². The zero-order chi connectivity index (χ0) is 58.9. The van der Waals surface area contributed by atoms with Crippen molar-refractivity contribution in [3.8, 4) is 23.0 Å². The molecule has 2 amide bonds. The first-order valence-corrected chi connectivity index (χ1v) is 29.0. The summed E-state index contributed by atoms with van der Waals surface area (Å²) in [7, 11) is 0. The molecule has 2 aromatic heterocycles. The number of carbonyl (C=O) groups excluding carboxylic acids is 2. The molecule has 83 heavy (non-hydrogen) atoms. The predicted molar refractivity (Wildman–Crippen MR) is 312 cm³/mol. The summed E-state index contributed by atoms with van der Waals surface area (Å²) in [5, 5.41) is 27.9. The number of anilines is 2. The lowest BCUT2D eigenvalue weighted by atomic mass is 9.90. The van der Waals surface area contributed by atoms with Gasteiger partial charge >= 0.3 is 11.4 Å². The first-order chi connectivity index (χ1) is 40.1. The number of nitrogens with one attached hydrogen (secondary N) is 4. The number of aliphatic hydroxyl groups is 2. The molecule has 2 fully saturated rings. The number of benzene rings is 4. The zero-order valence-electron chi connectivity index (χ0n) is 48.1. The maximum Gasteiger partial charge on any atom is 0.330 e. The number of para-hydroxylation sites is 2. The Morgan fingerprint density at radius 3 is 1.30 bits per heavy atom. The van der Waals surface area contributed by atoms with Crippen LogP contribution in [0.15, 0.2) is 92.2 Å². The molecule has 0 unspecified atom stereocenters. The monoisotopic (exact) mass is 1140 g/mol. The van der Waals surface area contributed by atoms with E-state index in [-0.39, 0.29) is 38.2 Å². The van der Waals surface area contributed by atoms with Gasteiger partial charge in [-0.15, -0.1) is 0 Å². The van der Waals surface area contributed by atoms with E-state index < -0.39 is 65.1 Å². The number of aryl methyl sites for hydroxylation is 2. The summed E-state index contributed by atoms with van der Waals surface area (Å²) in [4.78, 5) is 83.0. The van der Waals surface area contributed by atoms with Crippen LogP contribution in [0.5, 0.6) is 23.0 Å². The van der Waals surface area contributed by atoms with Crippen LogP contribution in [-0.4, -0.2) is 92.5 Å². The summed E-state index contributed by atoms with van der Waals surface area (Å²) >= 11 is 0. The van der Waals surface area contributed by atoms with E-state index in [1.807, 2.05) is 81.4 Å². The number of carbonyl (C=O) groups is 2. The van der Waals surface area contributed by atoms with Crippen LogP contribution < -0.4 is 52.1 Å². The first kappa shape index (κ1) is 59.8. The molecule has 4 heterocycles. The van der Waals surface area contributed by atoms with Crippen LogP contribution >= 0.6 is 0 Å². The standard InChI is InChI=1S/C63H76N6O14/c1-7-17-78-56-38-13-11-15-40(56)23-45-27-48(65-53(73)32-50-49(71)31-55(82-50)69-34-37(6)61(75)67-63(69)77)28-46(59(45)81-20-10-4)24-41-16-12-14-39(57(41)79-18-8-2)22-44-26-47(25-43(21-38)58(44)80-19-9-3)64-52(72)29-42-30-54(83-51(42)35-70)68-33-36(5)60(74)66-62(68)76/h11-16,25-28,33-34,42,49-51,54-55,70-71H,7-10,17-24,29-32,35H2,1-6H3,(H,64,72)(H,65,73)(H,66,74,76)(H,67,75,77)/t42-,49-,50+,51+,54+,55+/m0/s1. The largest absolute Gasteiger partial charge is 0.493 e. The van der Waals surface area contributed by atoms with Crippen molar-refractivity contribution in [1.82, 2.24) is 19.1 Å². The normalized spacial score (nSPS) is 19.3. The van der Waals surface area contributed by atoms with E-state index in [1.165, 1.54) is 21.5 Å². The average molecular weight is 1140 g/mol. The molecule has 442 valence electrons. The second kappa shape index (κ2) is 27.1. The van der Waals surface area contributed by atoms with E-state index in [2.05, 4.69) is 27.5 Å². The van der Waals surface area contributed by atoms with Crippen molar-refractivity contribution in [2.24, 2.45) is 5.92 Å². The number of hydrogen-bond donors (Lipinski definition) is 6. The van der Waals surface area contributed by atoms with Gasteiger partial charge in [-0.25, -0.2) is 9.59 Å². The van der Waals surface area contributed by atoms with Gasteiger partial charge in [0.15, 0.2) is 0 Å². The molecule has 0 saturated carbocycles. The fourth-order valence-electron chi connectivity index (χ4n) is 11.3. The molecule has 6 atom stereocenters. The summed E-state index contributed by atoms with van der Waals surface area (Å²) < 4.78 is 41.7. The van der Waals surface area contributed by atoms with Crippen molar-refractivity contribution in [2.45, 2.75) is 149 Å². The van der Waals surface area contributed by atoms with Gasteiger partial charge in [-0.1, -0.05) is 64.1 Å². The predicted octanol–water partition coefficient (Wildman–Crippen LogP) is 7.44. The van der Waals surface area contributed by atoms with Crippen molar-refractivity contribution in [1.29, 1.82) is 0 Å². The number of aromatic nitrogens is 4. The van der Waals surface area contributed by atoms with Gasteiger partial charge < -0.3 is 49.3 Å². The molecule has 9 rings (SSSR count). The van der Waals surface area contributed by atoms with Gasteiger partial charge in [-0.05, 0) is 92.5 Å². The molecule has 6 aromatic rings. The minimum atomic E-state index is -1.07. The number of H-pyrrole nitrogens is 2. The Balaban J connectivity index is 1.11. The Bertz CT molecular complexity index is 3460. The summed E-state index contributed by atoms with van der Waals surface area (Å²) in [6.45, 7) is 12.7. The van der Waals surface area contributed by atoms with Crippen molar-refractivity contribution < 1.29 is 48.2 Å². The minimum absolute atomic E-state index is 0.0254. The fourth-order valence-corrected chi connectivity index (χ4v) is 11.3. The number of aromatic amines is 2. The van der Waals surface area contributed by atoms with E-state index in [0.29, 0.717) is 97.6 Å². The molecule has 20 nitrogen and oxygen atoms in total. The fraction of sp³-hybridized carbons (Fsp3) is 0.460. The Hall–Kier alpha value is -7.78. The topological polar surface area (TPSA) is 264 Å². The summed E-state index contributed by atoms with van der Waals surface area (Å²) in [6.07, 6.45) is 2.68. The highest BCUT2D eigenvalue weighted by Gasteiger charge is 2.39. The lowest BCUT2D eigenvalue weighted by Crippen LogP contribution is -2.33. The molecule has 4 aromatic carbocycles. The molecule has 2 aliphatic heterocycles. The van der Waals surface area contributed by atoms with Crippen LogP contribution in [0.3, 0.4) is 0 Å². The van der Waals surface area contributed by atoms with Gasteiger partial charge in [0.25, 0.3) is 11.1 Å². The Labute approximate surface area is 481 Å². The van der Waals surface area contributed by atoms with Gasteiger partial charge in [-0.2, -0.15) is 0 Å². The highest BCUT2D eigenvalue weighted by atomic mass is 16.5. The molecule has 6 N–H and O–H groups in total. The van der Waals surface area contributed by atoms with E-state index >= 15 is 0 Å². The zero-order valence-corrected chi connectivity index (χ0v) is 48.1. The SMILES string of the molecule is CCCOc1c2cccc1Cc1cc(NC(=O)C[C@H]3O[C@@H](n4cc(C)c(=O)[nH]c4=O)C[C@@H]3O)cc(c1OCCC)Cc1cccc(c1OCCC)Cc1cc(NC(=O)C[C@H]3C[C@H](n4cc(C)c(=O)[nH]c4=O)O[C@@H]3CO)cc(c1OCCC)C2. The van der Waals surface area contributed by atoms with E-state index in [4.69, 9.17) is 28.4 Å². The third-order valence-electron chi connectivity index (χ3n) is 15.2. The molecule has 1 aliphatic carbocycles. The van der Waals surface area contributed by atoms with Crippen molar-refractivity contribution in [2.75, 3.05) is 43.7 Å². The lowest BCUT2D eigenvalue weighted by Gasteiger charge is -2.24. The maximum atomic E-state index is 14.3. The Kier molecular flexibility index (Phi) is 19.5. The van der Waals surface area contributed by atoms with Gasteiger partial charge in [-0.3, -0.25) is 38.3 Å². The van der Waals surface area contributed by atoms with E-state index in [1.54, 1.807) is 13.8 Å². The van der Waals surface area contributed by atoms with Gasteiger partial charge in [0, 0.05) is 102 Å². The second-order valence-corrected chi connectivity index (χ2v) is 21.9. The molecular formula is C63H76N6O14. The van der Waals surface area contributed by atoms with Crippen molar-refractivity contribution in [3.63, 3.8) is 0 Å². The smallest absolute Gasteiger partial charge is 0.330 e. The molecule has 0 spiro atoms. The summed E-state index contributed by atoms with van der Waals surface area (Å²) in [6, 6.07) is 19.8. The first-order valence-electron chi connectivity index (χ1n) is 29.0. The third kappa shape index (κ3) is 14.0. The van der Waals surface area contributed by atoms with Crippen LogP contribution in [0.4, 0.5) is 11.4 Å². The van der Waals surface area contributed by atoms with Crippen molar-refractivity contribution in [3.05, 3.63) is 170 Å². The summed E-state index contributed by atoms with van der Waals surface area (Å²) in [5.41, 5.74) is 5.98.